The molecule has 186 valence electrons. The van der Waals surface area contributed by atoms with Crippen LogP contribution in [0.15, 0.2) is 33.5 Å². The van der Waals surface area contributed by atoms with E-state index < -0.39 is 11.6 Å². The average molecular weight is 482 g/mol. The summed E-state index contributed by atoms with van der Waals surface area (Å²) in [4.78, 5) is 48.0. The van der Waals surface area contributed by atoms with Crippen molar-refractivity contribution in [1.29, 1.82) is 0 Å². The lowest BCUT2D eigenvalue weighted by Crippen LogP contribution is -2.61. The first kappa shape index (κ1) is 23.4. The molecule has 1 aromatic heterocycles. The highest BCUT2D eigenvalue weighted by Gasteiger charge is 2.51. The molecular weight excluding hydrogens is 450 g/mol. The zero-order chi connectivity index (χ0) is 24.6. The van der Waals surface area contributed by atoms with E-state index in [-0.39, 0.29) is 42.6 Å². The summed E-state index contributed by atoms with van der Waals surface area (Å²) in [6, 6.07) is 5.99. The maximum Gasteiger partial charge on any atom is 0.336 e. The van der Waals surface area contributed by atoms with E-state index >= 15 is 0 Å². The summed E-state index contributed by atoms with van der Waals surface area (Å²) in [6.45, 7) is 1.46. The summed E-state index contributed by atoms with van der Waals surface area (Å²) in [6.07, 6.45) is 7.16. The molecule has 4 aliphatic rings. The number of hydrogen-bond donors (Lipinski definition) is 3. The number of hydrogen-bond acceptors (Lipinski definition) is 6. The van der Waals surface area contributed by atoms with E-state index in [1.165, 1.54) is 32.3 Å². The van der Waals surface area contributed by atoms with Gasteiger partial charge in [0.1, 0.15) is 12.2 Å². The minimum Gasteiger partial charge on any atom is -0.461 e. The van der Waals surface area contributed by atoms with Crippen LogP contribution in [-0.4, -0.2) is 30.0 Å². The van der Waals surface area contributed by atoms with Crippen molar-refractivity contribution < 1.29 is 23.5 Å². The van der Waals surface area contributed by atoms with Crippen molar-refractivity contribution in [2.75, 3.05) is 11.9 Å². The number of ether oxygens (including phenoxy) is 1. The van der Waals surface area contributed by atoms with Crippen molar-refractivity contribution in [2.45, 2.75) is 64.0 Å². The van der Waals surface area contributed by atoms with Crippen molar-refractivity contribution in [3.05, 3.63) is 40.2 Å². The van der Waals surface area contributed by atoms with Crippen LogP contribution in [0.3, 0.4) is 0 Å². The van der Waals surface area contributed by atoms with Gasteiger partial charge in [-0.25, -0.2) is 9.59 Å². The quantitative estimate of drug-likeness (QED) is 0.411. The van der Waals surface area contributed by atoms with Gasteiger partial charge in [0, 0.05) is 47.8 Å². The van der Waals surface area contributed by atoms with E-state index in [4.69, 9.17) is 9.15 Å². The predicted molar refractivity (Wildman–Crippen MR) is 129 cm³/mol. The molecule has 0 radical (unpaired) electrons. The fourth-order valence-corrected chi connectivity index (χ4v) is 6.69. The Morgan fingerprint density at radius 2 is 1.74 bits per heavy atom. The van der Waals surface area contributed by atoms with Crippen LogP contribution < -0.4 is 21.6 Å². The number of rotatable bonds is 7. The number of anilines is 1. The molecule has 4 saturated carbocycles. The van der Waals surface area contributed by atoms with Crippen LogP contribution in [0.5, 0.6) is 0 Å². The molecule has 3 amide bonds. The van der Waals surface area contributed by atoms with Crippen LogP contribution in [-0.2, 0) is 20.9 Å². The molecule has 0 unspecified atom stereocenters. The van der Waals surface area contributed by atoms with E-state index in [1.807, 2.05) is 0 Å². The second kappa shape index (κ2) is 9.36. The molecule has 35 heavy (non-hydrogen) atoms. The van der Waals surface area contributed by atoms with Crippen LogP contribution in [0.1, 0.15) is 57.4 Å². The number of carbonyl (C=O) groups excluding carboxylic acids is 3. The highest BCUT2D eigenvalue weighted by molar-refractivity contribution is 5.92. The van der Waals surface area contributed by atoms with Gasteiger partial charge in [0.25, 0.3) is 0 Å². The Hall–Kier alpha value is -3.36. The minimum absolute atomic E-state index is 0.0281. The number of esters is 1. The SMILES string of the molecule is CC(=O)Nc1ccc2c(COC(=O)CCNC(=O)NC34CC5CC(CC(C5)C3)C4)cc(=O)oc2c1. The van der Waals surface area contributed by atoms with Crippen LogP contribution in [0, 0.1) is 17.8 Å². The first-order valence-electron chi connectivity index (χ1n) is 12.3. The first-order valence-corrected chi connectivity index (χ1v) is 12.3. The van der Waals surface area contributed by atoms with E-state index in [1.54, 1.807) is 18.2 Å². The molecule has 4 bridgehead atoms. The van der Waals surface area contributed by atoms with Gasteiger partial charge in [-0.3, -0.25) is 9.59 Å². The summed E-state index contributed by atoms with van der Waals surface area (Å²) >= 11 is 0. The number of nitrogens with one attached hydrogen (secondary N) is 3. The Morgan fingerprint density at radius 1 is 1.06 bits per heavy atom. The lowest BCUT2D eigenvalue weighted by molar-refractivity contribution is -0.144. The molecule has 9 heteroatoms. The van der Waals surface area contributed by atoms with Crippen LogP contribution in [0.4, 0.5) is 10.5 Å². The molecule has 0 spiro atoms. The van der Waals surface area contributed by atoms with Gasteiger partial charge in [-0.2, -0.15) is 0 Å². The Kier molecular flexibility index (Phi) is 6.25. The Balaban J connectivity index is 1.11. The monoisotopic (exact) mass is 481 g/mol. The molecule has 2 aromatic rings. The van der Waals surface area contributed by atoms with E-state index in [9.17, 15) is 19.2 Å². The fraction of sp³-hybridized carbons (Fsp3) is 0.538. The lowest BCUT2D eigenvalue weighted by Gasteiger charge is -2.56. The van der Waals surface area contributed by atoms with Gasteiger partial charge in [-0.15, -0.1) is 0 Å². The molecule has 4 aliphatic carbocycles. The second-order valence-electron chi connectivity index (χ2n) is 10.5. The zero-order valence-electron chi connectivity index (χ0n) is 19.9. The number of urea groups is 1. The zero-order valence-corrected chi connectivity index (χ0v) is 19.9. The number of benzene rings is 1. The second-order valence-corrected chi connectivity index (χ2v) is 10.5. The number of amides is 3. The van der Waals surface area contributed by atoms with Gasteiger partial charge >= 0.3 is 17.6 Å². The summed E-state index contributed by atoms with van der Waals surface area (Å²) < 4.78 is 10.6. The molecular formula is C26H31N3O6. The third-order valence-corrected chi connectivity index (χ3v) is 7.57. The smallest absolute Gasteiger partial charge is 0.336 e. The van der Waals surface area contributed by atoms with E-state index in [2.05, 4.69) is 16.0 Å². The molecule has 6 rings (SSSR count). The van der Waals surface area contributed by atoms with Crippen molar-refractivity contribution in [3.8, 4) is 0 Å². The summed E-state index contributed by atoms with van der Waals surface area (Å²) in [5, 5.41) is 9.27. The van der Waals surface area contributed by atoms with Crippen molar-refractivity contribution >= 4 is 34.6 Å². The summed E-state index contributed by atoms with van der Waals surface area (Å²) in [7, 11) is 0. The van der Waals surface area contributed by atoms with Gasteiger partial charge in [0.15, 0.2) is 0 Å². The highest BCUT2D eigenvalue weighted by atomic mass is 16.5. The minimum atomic E-state index is -0.577. The Bertz CT molecular complexity index is 1180. The topological polar surface area (TPSA) is 127 Å². The van der Waals surface area contributed by atoms with Gasteiger partial charge in [0.05, 0.1) is 6.42 Å². The highest BCUT2D eigenvalue weighted by Crippen LogP contribution is 2.55. The van der Waals surface area contributed by atoms with Crippen LogP contribution >= 0.6 is 0 Å². The van der Waals surface area contributed by atoms with Crippen molar-refractivity contribution in [2.24, 2.45) is 17.8 Å². The third-order valence-electron chi connectivity index (χ3n) is 7.57. The third kappa shape index (κ3) is 5.33. The van der Waals surface area contributed by atoms with E-state index in [0.717, 1.165) is 37.0 Å². The van der Waals surface area contributed by atoms with Crippen LogP contribution in [0.25, 0.3) is 11.0 Å². The molecule has 1 aromatic carbocycles. The maximum atomic E-state index is 12.5. The Morgan fingerprint density at radius 3 is 2.40 bits per heavy atom. The number of carbonyl (C=O) groups is 3. The normalized spacial score (nSPS) is 26.4. The molecule has 0 saturated heterocycles. The average Bonchev–Trinajstić information content (AvgIpc) is 2.75. The predicted octanol–water partition coefficient (Wildman–Crippen LogP) is 3.45. The standard InChI is InChI=1S/C26H31N3O6/c1-15(30)28-20-2-3-21-19(9-24(32)35-22(21)10-20)14-34-23(31)4-5-27-25(33)29-26-11-16-6-17(12-26)8-18(7-16)13-26/h2-3,9-10,16-18H,4-8,11-14H2,1H3,(H,28,30)(H2,27,29,33). The maximum absolute atomic E-state index is 12.5. The summed E-state index contributed by atoms with van der Waals surface area (Å²) in [5.74, 6) is 1.51. The van der Waals surface area contributed by atoms with Gasteiger partial charge in [0.2, 0.25) is 5.91 Å². The van der Waals surface area contributed by atoms with Crippen LogP contribution in [0.2, 0.25) is 0 Å². The molecule has 3 N–H and O–H groups in total. The fourth-order valence-electron chi connectivity index (χ4n) is 6.69. The molecule has 0 aliphatic heterocycles. The molecule has 0 atom stereocenters. The molecule has 1 heterocycles. The number of fused-ring (bicyclic) bond motifs is 1. The Labute approximate surface area is 203 Å². The van der Waals surface area contributed by atoms with E-state index in [0.29, 0.717) is 16.6 Å². The van der Waals surface area contributed by atoms with Gasteiger partial charge in [-0.1, -0.05) is 0 Å². The molecule has 4 fully saturated rings. The summed E-state index contributed by atoms with van der Waals surface area (Å²) in [5.41, 5.74) is 0.644. The van der Waals surface area contributed by atoms with Gasteiger partial charge in [-0.05, 0) is 68.4 Å². The van der Waals surface area contributed by atoms with Crippen molar-refractivity contribution in [3.63, 3.8) is 0 Å². The van der Waals surface area contributed by atoms with Crippen molar-refractivity contribution in [1.82, 2.24) is 10.6 Å². The van der Waals surface area contributed by atoms with Gasteiger partial charge < -0.3 is 25.1 Å². The lowest BCUT2D eigenvalue weighted by atomic mass is 9.53. The largest absolute Gasteiger partial charge is 0.461 e. The molecule has 9 nitrogen and oxygen atoms in total. The first-order chi connectivity index (χ1) is 16.8.